The van der Waals surface area contributed by atoms with Crippen LogP contribution in [0.5, 0.6) is 0 Å². The van der Waals surface area contributed by atoms with Crippen molar-refractivity contribution in [2.75, 3.05) is 32.7 Å². The zero-order valence-corrected chi connectivity index (χ0v) is 18.4. The first kappa shape index (κ1) is 25.1. The Morgan fingerprint density at radius 3 is 1.68 bits per heavy atom. The highest BCUT2D eigenvalue weighted by Gasteiger charge is 2.29. The van der Waals surface area contributed by atoms with Crippen LogP contribution in [0, 0.1) is 94.7 Å². The molecule has 1 unspecified atom stereocenters. The van der Waals surface area contributed by atoms with Gasteiger partial charge in [-0.15, -0.1) is 0 Å². The van der Waals surface area contributed by atoms with Crippen LogP contribution in [0.25, 0.3) is 0 Å². The molecule has 1 saturated heterocycles. The van der Waals surface area contributed by atoms with Gasteiger partial charge in [0, 0.05) is 26.2 Å². The topological polar surface area (TPSA) is 18.8 Å². The molecule has 3 heteroatoms. The molecule has 0 radical (unpaired) electrons. The van der Waals surface area contributed by atoms with E-state index in [9.17, 15) is 0 Å². The van der Waals surface area contributed by atoms with Gasteiger partial charge in [-0.3, -0.25) is 14.8 Å². The van der Waals surface area contributed by atoms with Crippen LogP contribution in [-0.2, 0) is 0 Å². The van der Waals surface area contributed by atoms with Crippen molar-refractivity contribution in [3.05, 3.63) is 0 Å². The predicted molar refractivity (Wildman–Crippen MR) is 129 cm³/mol. The summed E-state index contributed by atoms with van der Waals surface area (Å²) in [6.07, 6.45) is 4.13. The van der Waals surface area contributed by atoms with Gasteiger partial charge in [-0.2, -0.15) is 0 Å². The van der Waals surface area contributed by atoms with Crippen molar-refractivity contribution in [3.8, 4) is 94.7 Å². The van der Waals surface area contributed by atoms with E-state index in [2.05, 4.69) is 123 Å². The second-order valence-corrected chi connectivity index (χ2v) is 6.09. The summed E-state index contributed by atoms with van der Waals surface area (Å²) in [6.45, 7) is 10.8. The van der Waals surface area contributed by atoms with Crippen molar-refractivity contribution >= 4 is 6.21 Å². The Morgan fingerprint density at radius 2 is 1.19 bits per heavy atom. The third kappa shape index (κ3) is 12.3. The van der Waals surface area contributed by atoms with E-state index in [0.717, 1.165) is 45.6 Å². The summed E-state index contributed by atoms with van der Waals surface area (Å²) in [5.74, 6) is 42.8. The monoisotopic (exact) mass is 403 g/mol. The molecule has 0 spiro atoms. The van der Waals surface area contributed by atoms with Crippen LogP contribution < -0.4 is 0 Å². The second kappa shape index (κ2) is 18.1. The highest BCUT2D eigenvalue weighted by Crippen LogP contribution is 2.13. The molecule has 1 aliphatic rings. The van der Waals surface area contributed by atoms with Crippen molar-refractivity contribution in [2.24, 2.45) is 4.99 Å². The number of rotatable bonds is 6. The molecule has 152 valence electrons. The first-order chi connectivity index (χ1) is 15.3. The quantitative estimate of drug-likeness (QED) is 0.498. The molecule has 1 fully saturated rings. The van der Waals surface area contributed by atoms with E-state index in [0.29, 0.717) is 0 Å². The lowest BCUT2D eigenvalue weighted by molar-refractivity contribution is 0.190. The van der Waals surface area contributed by atoms with Crippen LogP contribution in [0.1, 0.15) is 33.6 Å². The molecule has 0 N–H and O–H groups in total. The lowest BCUT2D eigenvalue weighted by Gasteiger charge is -2.25. The minimum absolute atomic E-state index is 0.0916. The Balaban J connectivity index is 2.62. The van der Waals surface area contributed by atoms with E-state index >= 15 is 0 Å². The van der Waals surface area contributed by atoms with E-state index in [1.54, 1.807) is 6.92 Å². The summed E-state index contributed by atoms with van der Waals surface area (Å²) < 4.78 is 0. The Kier molecular flexibility index (Phi) is 14.7. The standard InChI is InChI=1S/C28H25N3/c1-4-7-8-9-10-11-12-13-14-15-16-17-18-19-20-21-28-30(24-6-3)26-27-31(28)25-23-29-22-5-2/h22,28H,5-6,23-27H2,1-3H3. The van der Waals surface area contributed by atoms with Gasteiger partial charge in [-0.05, 0) is 109 Å². The minimum Gasteiger partial charge on any atom is -0.296 e. The van der Waals surface area contributed by atoms with Crippen LogP contribution >= 0.6 is 0 Å². The zero-order chi connectivity index (χ0) is 22.4. The smallest absolute Gasteiger partial charge is 0.127 e. The van der Waals surface area contributed by atoms with Gasteiger partial charge >= 0.3 is 0 Å². The maximum Gasteiger partial charge on any atom is 0.127 e. The lowest BCUT2D eigenvalue weighted by atomic mass is 10.3. The molecule has 0 aromatic rings. The summed E-state index contributed by atoms with van der Waals surface area (Å²) in [5.41, 5.74) is 0. The molecule has 0 aromatic carbocycles. The van der Waals surface area contributed by atoms with Crippen LogP contribution in [0.2, 0.25) is 0 Å². The van der Waals surface area contributed by atoms with E-state index in [1.807, 2.05) is 6.21 Å². The average molecular weight is 404 g/mol. The fourth-order valence-electron chi connectivity index (χ4n) is 2.62. The van der Waals surface area contributed by atoms with Gasteiger partial charge in [0.2, 0.25) is 0 Å². The summed E-state index contributed by atoms with van der Waals surface area (Å²) in [4.78, 5) is 9.16. The molecule has 0 amide bonds. The van der Waals surface area contributed by atoms with Crippen LogP contribution in [-0.4, -0.2) is 54.9 Å². The second-order valence-electron chi connectivity index (χ2n) is 6.09. The number of hydrogen-bond donors (Lipinski definition) is 0. The van der Waals surface area contributed by atoms with Gasteiger partial charge in [0.05, 0.1) is 6.54 Å². The van der Waals surface area contributed by atoms with Crippen molar-refractivity contribution in [2.45, 2.75) is 39.8 Å². The van der Waals surface area contributed by atoms with Gasteiger partial charge < -0.3 is 0 Å². The number of nitrogens with zero attached hydrogens (tertiary/aromatic N) is 3. The normalized spacial score (nSPS) is 13.8. The first-order valence-electron chi connectivity index (χ1n) is 10.2. The molecule has 1 aliphatic heterocycles. The molecule has 1 heterocycles. The van der Waals surface area contributed by atoms with Crippen LogP contribution in [0.15, 0.2) is 4.99 Å². The molecular weight excluding hydrogens is 378 g/mol. The molecule has 0 saturated carbocycles. The van der Waals surface area contributed by atoms with E-state index < -0.39 is 0 Å². The van der Waals surface area contributed by atoms with Gasteiger partial charge in [0.15, 0.2) is 0 Å². The number of aliphatic imine (C=N–C) groups is 1. The molecule has 3 nitrogen and oxygen atoms in total. The van der Waals surface area contributed by atoms with Gasteiger partial charge in [-0.1, -0.05) is 25.7 Å². The Morgan fingerprint density at radius 1 is 0.710 bits per heavy atom. The van der Waals surface area contributed by atoms with Gasteiger partial charge in [-0.25, -0.2) is 0 Å². The highest BCUT2D eigenvalue weighted by molar-refractivity contribution is 5.56. The zero-order valence-electron chi connectivity index (χ0n) is 18.4. The van der Waals surface area contributed by atoms with E-state index in [-0.39, 0.29) is 6.17 Å². The largest absolute Gasteiger partial charge is 0.296 e. The summed E-state index contributed by atoms with van der Waals surface area (Å²) in [6, 6.07) is 0. The molecule has 0 aliphatic carbocycles. The molecule has 0 bridgehead atoms. The maximum atomic E-state index is 4.42. The van der Waals surface area contributed by atoms with E-state index in [4.69, 9.17) is 0 Å². The molecule has 31 heavy (non-hydrogen) atoms. The Hall–Kier alpha value is -3.93. The van der Waals surface area contributed by atoms with Crippen molar-refractivity contribution < 1.29 is 0 Å². The fourth-order valence-corrected chi connectivity index (χ4v) is 2.62. The molecule has 0 aromatic heterocycles. The minimum atomic E-state index is 0.0916. The van der Waals surface area contributed by atoms with Crippen molar-refractivity contribution in [1.82, 2.24) is 9.80 Å². The van der Waals surface area contributed by atoms with Crippen LogP contribution in [0.4, 0.5) is 0 Å². The van der Waals surface area contributed by atoms with Crippen molar-refractivity contribution in [1.29, 1.82) is 0 Å². The molecule has 1 rings (SSSR count). The van der Waals surface area contributed by atoms with Crippen LogP contribution in [0.3, 0.4) is 0 Å². The summed E-state index contributed by atoms with van der Waals surface area (Å²) in [5, 5.41) is 0. The van der Waals surface area contributed by atoms with Gasteiger partial charge in [0.1, 0.15) is 6.17 Å². The Labute approximate surface area is 188 Å². The third-order valence-corrected chi connectivity index (χ3v) is 3.84. The molecular formula is C28H25N3. The van der Waals surface area contributed by atoms with Crippen molar-refractivity contribution in [3.63, 3.8) is 0 Å². The average Bonchev–Trinajstić information content (AvgIpc) is 3.15. The summed E-state index contributed by atoms with van der Waals surface area (Å²) >= 11 is 0. The third-order valence-electron chi connectivity index (χ3n) is 3.84. The van der Waals surface area contributed by atoms with E-state index in [1.165, 1.54) is 0 Å². The fraction of sp³-hybridized carbons (Fsp3) is 0.393. The SMILES string of the molecule is CC#CC#CC#CC#CC#CC#CC#CC#CC1N(CCC)CCN1CCN=CCC. The summed E-state index contributed by atoms with van der Waals surface area (Å²) in [7, 11) is 0. The maximum absolute atomic E-state index is 4.42. The lowest BCUT2D eigenvalue weighted by Crippen LogP contribution is -2.39. The van der Waals surface area contributed by atoms with Gasteiger partial charge in [0.25, 0.3) is 0 Å². The number of hydrogen-bond acceptors (Lipinski definition) is 3. The first-order valence-corrected chi connectivity index (χ1v) is 10.2. The predicted octanol–water partition coefficient (Wildman–Crippen LogP) is 1.87. The Bertz CT molecular complexity index is 1110. The highest BCUT2D eigenvalue weighted by atomic mass is 15.4. The molecule has 1 atom stereocenters.